The molecule has 1 nitrogen and oxygen atoms in total. The molecule has 0 radical (unpaired) electrons. The Bertz CT molecular complexity index is 463. The average Bonchev–Trinajstić information content (AvgIpc) is 2.69. The van der Waals surface area contributed by atoms with E-state index in [4.69, 9.17) is 0 Å². The third-order valence-corrected chi connectivity index (χ3v) is 4.50. The van der Waals surface area contributed by atoms with Crippen molar-refractivity contribution in [1.29, 1.82) is 0 Å². The first-order valence-electron chi connectivity index (χ1n) is 8.20. The second-order valence-corrected chi connectivity index (χ2v) is 6.67. The van der Waals surface area contributed by atoms with Gasteiger partial charge in [0.1, 0.15) is 11.6 Å². The van der Waals surface area contributed by atoms with Crippen LogP contribution in [0.4, 0.5) is 8.78 Å². The zero-order valence-corrected chi connectivity index (χ0v) is 13.4. The number of halogens is 2. The summed E-state index contributed by atoms with van der Waals surface area (Å²) in [6.07, 6.45) is 7.22. The molecule has 0 saturated heterocycles. The lowest BCUT2D eigenvalue weighted by Crippen LogP contribution is -2.34. The van der Waals surface area contributed by atoms with Gasteiger partial charge in [-0.1, -0.05) is 39.5 Å². The molecule has 0 aromatic heterocycles. The van der Waals surface area contributed by atoms with Crippen LogP contribution in [-0.4, -0.2) is 6.04 Å². The summed E-state index contributed by atoms with van der Waals surface area (Å²) in [7, 11) is 0. The standard InChI is InChI=1S/C18H27F2N/c1-12(2)21-18(14-8-6-4-5-7-9-14)15-10-13(3)16(19)11-17(15)20/h10-12,14,18,21H,4-9H2,1-3H3. The smallest absolute Gasteiger partial charge is 0.130 e. The van der Waals surface area contributed by atoms with Crippen molar-refractivity contribution in [2.75, 3.05) is 0 Å². The van der Waals surface area contributed by atoms with E-state index in [-0.39, 0.29) is 12.1 Å². The van der Waals surface area contributed by atoms with E-state index < -0.39 is 11.6 Å². The Labute approximate surface area is 127 Å². The highest BCUT2D eigenvalue weighted by Crippen LogP contribution is 2.35. The van der Waals surface area contributed by atoms with E-state index in [1.54, 1.807) is 13.0 Å². The zero-order chi connectivity index (χ0) is 15.4. The van der Waals surface area contributed by atoms with Gasteiger partial charge >= 0.3 is 0 Å². The summed E-state index contributed by atoms with van der Waals surface area (Å²) in [4.78, 5) is 0. The summed E-state index contributed by atoms with van der Waals surface area (Å²) in [5.74, 6) is -0.435. The molecule has 0 spiro atoms. The van der Waals surface area contributed by atoms with Crippen LogP contribution < -0.4 is 5.32 Å². The van der Waals surface area contributed by atoms with Crippen LogP contribution in [-0.2, 0) is 0 Å². The molecule has 1 aliphatic carbocycles. The summed E-state index contributed by atoms with van der Waals surface area (Å²) in [6, 6.07) is 3.00. The second kappa shape index (κ2) is 7.35. The maximum Gasteiger partial charge on any atom is 0.130 e. The molecule has 1 unspecified atom stereocenters. The van der Waals surface area contributed by atoms with Gasteiger partial charge in [0.05, 0.1) is 0 Å². The summed E-state index contributed by atoms with van der Waals surface area (Å²) in [6.45, 7) is 5.87. The van der Waals surface area contributed by atoms with E-state index in [9.17, 15) is 8.78 Å². The Kier molecular flexibility index (Phi) is 5.74. The minimum atomic E-state index is -0.458. The summed E-state index contributed by atoms with van der Waals surface area (Å²) in [5.41, 5.74) is 1.16. The largest absolute Gasteiger partial charge is 0.307 e. The molecule has 1 N–H and O–H groups in total. The summed E-state index contributed by atoms with van der Waals surface area (Å²) >= 11 is 0. The van der Waals surface area contributed by atoms with E-state index in [1.165, 1.54) is 25.7 Å². The Morgan fingerprint density at radius 3 is 2.19 bits per heavy atom. The second-order valence-electron chi connectivity index (χ2n) is 6.67. The van der Waals surface area contributed by atoms with Crippen molar-refractivity contribution >= 4 is 0 Å². The first-order chi connectivity index (χ1) is 9.99. The van der Waals surface area contributed by atoms with E-state index in [0.29, 0.717) is 17.0 Å². The monoisotopic (exact) mass is 295 g/mol. The van der Waals surface area contributed by atoms with Crippen LogP contribution in [0.3, 0.4) is 0 Å². The number of benzene rings is 1. The molecule has 21 heavy (non-hydrogen) atoms. The quantitative estimate of drug-likeness (QED) is 0.745. The molecular formula is C18H27F2N. The third kappa shape index (κ3) is 4.26. The lowest BCUT2D eigenvalue weighted by atomic mass is 9.86. The van der Waals surface area contributed by atoms with E-state index in [2.05, 4.69) is 19.2 Å². The third-order valence-electron chi connectivity index (χ3n) is 4.50. The molecule has 1 atom stereocenters. The number of hydrogen-bond acceptors (Lipinski definition) is 1. The molecule has 3 heteroatoms. The molecule has 1 saturated carbocycles. The molecule has 2 rings (SSSR count). The van der Waals surface area contributed by atoms with Gasteiger partial charge < -0.3 is 5.32 Å². The molecule has 1 aromatic carbocycles. The minimum absolute atomic E-state index is 0.0117. The SMILES string of the molecule is Cc1cc(C(NC(C)C)C2CCCCCC2)c(F)cc1F. The fourth-order valence-corrected chi connectivity index (χ4v) is 3.40. The molecule has 0 bridgehead atoms. The molecular weight excluding hydrogens is 268 g/mol. The molecule has 1 aromatic rings. The van der Waals surface area contributed by atoms with Gasteiger partial charge in [-0.25, -0.2) is 8.78 Å². The molecule has 0 aliphatic heterocycles. The number of rotatable bonds is 4. The highest BCUT2D eigenvalue weighted by atomic mass is 19.1. The van der Waals surface area contributed by atoms with Gasteiger partial charge in [-0.2, -0.15) is 0 Å². The van der Waals surface area contributed by atoms with Crippen LogP contribution in [0.5, 0.6) is 0 Å². The average molecular weight is 295 g/mol. The predicted octanol–water partition coefficient (Wildman–Crippen LogP) is 5.28. The normalized spacial score (nSPS) is 18.8. The molecule has 0 heterocycles. The minimum Gasteiger partial charge on any atom is -0.307 e. The first-order valence-corrected chi connectivity index (χ1v) is 8.20. The summed E-state index contributed by atoms with van der Waals surface area (Å²) in [5, 5.41) is 3.52. The van der Waals surface area contributed by atoms with Crippen molar-refractivity contribution < 1.29 is 8.78 Å². The molecule has 118 valence electrons. The highest BCUT2D eigenvalue weighted by molar-refractivity contribution is 5.29. The fourth-order valence-electron chi connectivity index (χ4n) is 3.40. The van der Waals surface area contributed by atoms with Gasteiger partial charge in [-0.05, 0) is 37.3 Å². The van der Waals surface area contributed by atoms with Crippen LogP contribution in [0.1, 0.15) is 69.5 Å². The van der Waals surface area contributed by atoms with Crippen LogP contribution in [0.25, 0.3) is 0 Å². The van der Waals surface area contributed by atoms with Crippen molar-refractivity contribution in [3.05, 3.63) is 34.9 Å². The van der Waals surface area contributed by atoms with Crippen molar-refractivity contribution in [3.8, 4) is 0 Å². The lowest BCUT2D eigenvalue weighted by Gasteiger charge is -2.30. The number of hydrogen-bond donors (Lipinski definition) is 1. The van der Waals surface area contributed by atoms with E-state index >= 15 is 0 Å². The van der Waals surface area contributed by atoms with Crippen LogP contribution in [0.2, 0.25) is 0 Å². The Hall–Kier alpha value is -0.960. The van der Waals surface area contributed by atoms with Gasteiger partial charge in [0.25, 0.3) is 0 Å². The first kappa shape index (κ1) is 16.4. The van der Waals surface area contributed by atoms with Crippen LogP contribution in [0, 0.1) is 24.5 Å². The Morgan fingerprint density at radius 2 is 1.62 bits per heavy atom. The molecule has 0 amide bonds. The highest BCUT2D eigenvalue weighted by Gasteiger charge is 2.27. The van der Waals surface area contributed by atoms with E-state index in [1.807, 2.05) is 0 Å². The van der Waals surface area contributed by atoms with Gasteiger partial charge in [-0.3, -0.25) is 0 Å². The Morgan fingerprint density at radius 1 is 1.00 bits per heavy atom. The van der Waals surface area contributed by atoms with Gasteiger partial charge in [0, 0.05) is 23.7 Å². The van der Waals surface area contributed by atoms with Gasteiger partial charge in [-0.15, -0.1) is 0 Å². The van der Waals surface area contributed by atoms with Crippen LogP contribution >= 0.6 is 0 Å². The van der Waals surface area contributed by atoms with Crippen molar-refractivity contribution in [2.24, 2.45) is 5.92 Å². The molecule has 1 fully saturated rings. The number of aryl methyl sites for hydroxylation is 1. The molecule has 1 aliphatic rings. The predicted molar refractivity (Wildman–Crippen MR) is 83.3 cm³/mol. The van der Waals surface area contributed by atoms with Crippen molar-refractivity contribution in [3.63, 3.8) is 0 Å². The maximum absolute atomic E-state index is 14.3. The fraction of sp³-hybridized carbons (Fsp3) is 0.667. The topological polar surface area (TPSA) is 12.0 Å². The van der Waals surface area contributed by atoms with Gasteiger partial charge in [0.15, 0.2) is 0 Å². The number of nitrogens with one attached hydrogen (secondary N) is 1. The maximum atomic E-state index is 14.3. The lowest BCUT2D eigenvalue weighted by molar-refractivity contribution is 0.300. The van der Waals surface area contributed by atoms with Crippen LogP contribution in [0.15, 0.2) is 12.1 Å². The zero-order valence-electron chi connectivity index (χ0n) is 13.4. The van der Waals surface area contributed by atoms with E-state index in [0.717, 1.165) is 18.9 Å². The Balaban J connectivity index is 2.32. The van der Waals surface area contributed by atoms with Crippen molar-refractivity contribution in [2.45, 2.75) is 71.4 Å². The van der Waals surface area contributed by atoms with Crippen molar-refractivity contribution in [1.82, 2.24) is 5.32 Å². The summed E-state index contributed by atoms with van der Waals surface area (Å²) < 4.78 is 27.8. The van der Waals surface area contributed by atoms with Gasteiger partial charge in [0.2, 0.25) is 0 Å².